The third kappa shape index (κ3) is 6.86. The summed E-state index contributed by atoms with van der Waals surface area (Å²) >= 11 is 11.8. The zero-order chi connectivity index (χ0) is 22.8. The molecule has 0 fully saturated rings. The van der Waals surface area contributed by atoms with Gasteiger partial charge in [0.2, 0.25) is 0 Å². The van der Waals surface area contributed by atoms with E-state index in [9.17, 15) is 14.7 Å². The van der Waals surface area contributed by atoms with E-state index in [1.807, 2.05) is 17.9 Å². The van der Waals surface area contributed by atoms with Crippen molar-refractivity contribution in [1.29, 1.82) is 0 Å². The number of esters is 1. The fraction of sp³-hybridized carbons (Fsp3) is 0.391. The Bertz CT molecular complexity index is 858. The second kappa shape index (κ2) is 12.5. The van der Waals surface area contributed by atoms with Gasteiger partial charge < -0.3 is 20.1 Å². The van der Waals surface area contributed by atoms with E-state index in [1.165, 1.54) is 0 Å². The number of benzene rings is 2. The number of rotatable bonds is 11. The number of amides is 1. The average Bonchev–Trinajstić information content (AvgIpc) is 2.77. The molecule has 1 amide bonds. The van der Waals surface area contributed by atoms with Crippen molar-refractivity contribution in [2.45, 2.75) is 26.0 Å². The van der Waals surface area contributed by atoms with Gasteiger partial charge in [-0.3, -0.25) is 4.79 Å². The molecule has 2 unspecified atom stereocenters. The lowest BCUT2D eigenvalue weighted by Crippen LogP contribution is -2.46. The number of hydrogen-bond donors (Lipinski definition) is 2. The topological polar surface area (TPSA) is 78.9 Å². The predicted octanol–water partition coefficient (Wildman–Crippen LogP) is 3.67. The maximum Gasteiger partial charge on any atom is 0.331 e. The summed E-state index contributed by atoms with van der Waals surface area (Å²) in [4.78, 5) is 27.5. The van der Waals surface area contributed by atoms with Gasteiger partial charge in [-0.2, -0.15) is 0 Å². The van der Waals surface area contributed by atoms with Crippen molar-refractivity contribution >= 4 is 40.8 Å². The molecule has 0 aromatic heterocycles. The second-order valence-corrected chi connectivity index (χ2v) is 7.68. The van der Waals surface area contributed by atoms with Gasteiger partial charge >= 0.3 is 5.97 Å². The van der Waals surface area contributed by atoms with Gasteiger partial charge in [0.25, 0.3) is 5.91 Å². The Morgan fingerprint density at radius 1 is 1.10 bits per heavy atom. The molecule has 0 aliphatic heterocycles. The molecule has 2 rings (SSSR count). The maximum absolute atomic E-state index is 13.0. The van der Waals surface area contributed by atoms with Crippen LogP contribution in [0.2, 0.25) is 0 Å². The van der Waals surface area contributed by atoms with Crippen LogP contribution in [0.3, 0.4) is 0 Å². The van der Waals surface area contributed by atoms with Gasteiger partial charge in [0.1, 0.15) is 6.10 Å². The highest BCUT2D eigenvalue weighted by Crippen LogP contribution is 2.23. The molecule has 2 aromatic carbocycles. The van der Waals surface area contributed by atoms with E-state index < -0.39 is 24.0 Å². The number of hydrogen-bond acceptors (Lipinski definition) is 5. The predicted molar refractivity (Wildman–Crippen MR) is 124 cm³/mol. The van der Waals surface area contributed by atoms with E-state index in [-0.39, 0.29) is 6.61 Å². The van der Waals surface area contributed by atoms with Gasteiger partial charge in [-0.25, -0.2) is 4.79 Å². The summed E-state index contributed by atoms with van der Waals surface area (Å²) in [5.41, 5.74) is 2.66. The fourth-order valence-electron chi connectivity index (χ4n) is 3.21. The third-order valence-corrected chi connectivity index (χ3v) is 5.14. The minimum atomic E-state index is -1.25. The minimum absolute atomic E-state index is 0.132. The van der Waals surface area contributed by atoms with Crippen LogP contribution in [0.5, 0.6) is 0 Å². The molecule has 6 nitrogen and oxygen atoms in total. The normalized spacial score (nSPS) is 12.7. The van der Waals surface area contributed by atoms with Crippen LogP contribution in [-0.2, 0) is 9.53 Å². The van der Waals surface area contributed by atoms with Crippen molar-refractivity contribution in [3.8, 4) is 0 Å². The number of nitrogens with zero attached hydrogens (tertiary/aromatic N) is 1. The molecule has 2 aromatic rings. The lowest BCUT2D eigenvalue weighted by Gasteiger charge is -2.26. The summed E-state index contributed by atoms with van der Waals surface area (Å²) in [6.45, 7) is 4.90. The molecule has 0 radical (unpaired) electrons. The molecule has 0 saturated carbocycles. The van der Waals surface area contributed by atoms with Gasteiger partial charge in [0, 0.05) is 36.1 Å². The molecule has 168 valence electrons. The van der Waals surface area contributed by atoms with E-state index in [2.05, 4.69) is 5.32 Å². The average molecular weight is 467 g/mol. The van der Waals surface area contributed by atoms with Crippen molar-refractivity contribution in [3.63, 3.8) is 0 Å². The molecule has 0 saturated heterocycles. The SMILES string of the molecule is CCOC(=O)C(NC(=O)c1ccc(C)c(N(CCCl)CCCl)c1)C(O)c1ccccc1. The number of alkyl halides is 2. The molecule has 0 aliphatic rings. The van der Waals surface area contributed by atoms with Gasteiger partial charge in [0.15, 0.2) is 6.04 Å². The summed E-state index contributed by atoms with van der Waals surface area (Å²) in [6, 6.07) is 12.6. The number of aliphatic hydroxyl groups is 1. The van der Waals surface area contributed by atoms with Crippen LogP contribution < -0.4 is 10.2 Å². The monoisotopic (exact) mass is 466 g/mol. The van der Waals surface area contributed by atoms with Crippen LogP contribution in [0.1, 0.15) is 34.5 Å². The molecule has 8 heteroatoms. The first-order valence-corrected chi connectivity index (χ1v) is 11.2. The third-order valence-electron chi connectivity index (χ3n) is 4.80. The van der Waals surface area contributed by atoms with Crippen LogP contribution in [0.25, 0.3) is 0 Å². The summed E-state index contributed by atoms with van der Waals surface area (Å²) in [7, 11) is 0. The number of carbonyl (C=O) groups excluding carboxylic acids is 2. The lowest BCUT2D eigenvalue weighted by molar-refractivity contribution is -0.148. The number of carbonyl (C=O) groups is 2. The smallest absolute Gasteiger partial charge is 0.331 e. The van der Waals surface area contributed by atoms with Crippen LogP contribution >= 0.6 is 23.2 Å². The summed E-state index contributed by atoms with van der Waals surface area (Å²) in [5, 5.41) is 13.4. The first kappa shape index (κ1) is 25.0. The van der Waals surface area contributed by atoms with Gasteiger partial charge in [-0.15, -0.1) is 23.2 Å². The maximum atomic E-state index is 13.0. The minimum Gasteiger partial charge on any atom is -0.464 e. The molecule has 0 aliphatic carbocycles. The standard InChI is InChI=1S/C23H28Cl2N2O4/c1-3-31-23(30)20(21(28)17-7-5-4-6-8-17)26-22(29)18-10-9-16(2)19(15-18)27(13-11-24)14-12-25/h4-10,15,20-21,28H,3,11-14H2,1-2H3,(H,26,29). The van der Waals surface area contributed by atoms with Gasteiger partial charge in [-0.05, 0) is 37.1 Å². The van der Waals surface area contributed by atoms with Crippen LogP contribution in [0.4, 0.5) is 5.69 Å². The molecule has 31 heavy (non-hydrogen) atoms. The molecule has 0 bridgehead atoms. The number of nitrogens with one attached hydrogen (secondary N) is 1. The van der Waals surface area contributed by atoms with Crippen molar-refractivity contribution in [2.24, 2.45) is 0 Å². The zero-order valence-electron chi connectivity index (χ0n) is 17.7. The molecular formula is C23H28Cl2N2O4. The summed E-state index contributed by atoms with van der Waals surface area (Å²) in [6.07, 6.45) is -1.25. The first-order valence-electron chi connectivity index (χ1n) is 10.1. The van der Waals surface area contributed by atoms with Crippen molar-refractivity contribution in [1.82, 2.24) is 5.32 Å². The van der Waals surface area contributed by atoms with Crippen LogP contribution in [0.15, 0.2) is 48.5 Å². The highest BCUT2D eigenvalue weighted by Gasteiger charge is 2.31. The zero-order valence-corrected chi connectivity index (χ0v) is 19.2. The largest absolute Gasteiger partial charge is 0.464 e. The molecule has 0 heterocycles. The lowest BCUT2D eigenvalue weighted by atomic mass is 10.0. The number of aliphatic hydroxyl groups excluding tert-OH is 1. The Balaban J connectivity index is 2.30. The van der Waals surface area contributed by atoms with Crippen molar-refractivity contribution in [2.75, 3.05) is 36.4 Å². The Kier molecular flexibility index (Phi) is 10.1. The van der Waals surface area contributed by atoms with E-state index in [0.717, 1.165) is 11.3 Å². The molecule has 0 spiro atoms. The summed E-state index contributed by atoms with van der Waals surface area (Å²) in [5.74, 6) is -0.363. The van der Waals surface area contributed by atoms with E-state index in [4.69, 9.17) is 27.9 Å². The van der Waals surface area contributed by atoms with Gasteiger partial charge in [0.05, 0.1) is 6.61 Å². The number of aryl methyl sites for hydroxylation is 1. The second-order valence-electron chi connectivity index (χ2n) is 6.92. The Hall–Kier alpha value is -2.28. The molecule has 2 atom stereocenters. The first-order chi connectivity index (χ1) is 14.9. The summed E-state index contributed by atoms with van der Waals surface area (Å²) < 4.78 is 5.08. The molecule has 2 N–H and O–H groups in total. The van der Waals surface area contributed by atoms with Crippen LogP contribution in [-0.4, -0.2) is 54.5 Å². The Labute approximate surface area is 193 Å². The van der Waals surface area contributed by atoms with Crippen LogP contribution in [0, 0.1) is 6.92 Å². The van der Waals surface area contributed by atoms with Gasteiger partial charge in [-0.1, -0.05) is 36.4 Å². The number of anilines is 1. The highest BCUT2D eigenvalue weighted by atomic mass is 35.5. The van der Waals surface area contributed by atoms with Crippen molar-refractivity contribution in [3.05, 3.63) is 65.2 Å². The number of halogens is 2. The van der Waals surface area contributed by atoms with E-state index >= 15 is 0 Å². The Morgan fingerprint density at radius 2 is 1.74 bits per heavy atom. The quantitative estimate of drug-likeness (QED) is 0.390. The van der Waals surface area contributed by atoms with E-state index in [0.29, 0.717) is 36.0 Å². The molecular weight excluding hydrogens is 439 g/mol. The highest BCUT2D eigenvalue weighted by molar-refractivity contribution is 6.18. The number of ether oxygens (including phenoxy) is 1. The van der Waals surface area contributed by atoms with E-state index in [1.54, 1.807) is 49.4 Å². The fourth-order valence-corrected chi connectivity index (χ4v) is 3.62. The van der Waals surface area contributed by atoms with Crippen molar-refractivity contribution < 1.29 is 19.4 Å². The Morgan fingerprint density at radius 3 is 2.32 bits per heavy atom.